The van der Waals surface area contributed by atoms with E-state index in [0.717, 1.165) is 17.7 Å². The molecule has 5 nitrogen and oxygen atoms in total. The van der Waals surface area contributed by atoms with Gasteiger partial charge in [0.1, 0.15) is 5.75 Å². The number of pyridine rings is 1. The van der Waals surface area contributed by atoms with Gasteiger partial charge in [-0.1, -0.05) is 6.07 Å². The molecule has 0 unspecified atom stereocenters. The zero-order chi connectivity index (χ0) is 19.4. The predicted molar refractivity (Wildman–Crippen MR) is 91.8 cm³/mol. The lowest BCUT2D eigenvalue weighted by atomic mass is 9.99. The molecule has 0 saturated heterocycles. The topological polar surface area (TPSA) is 51.7 Å². The molecule has 144 valence electrons. The molecule has 3 rings (SSSR count). The molecular weight excluding hydrogens is 361 g/mol. The molecular formula is C19H19F3N2O3. The Labute approximate surface area is 154 Å². The molecule has 2 heterocycles. The summed E-state index contributed by atoms with van der Waals surface area (Å²) >= 11 is 0. The smallest absolute Gasteiger partial charge is 0.422 e. The van der Waals surface area contributed by atoms with Gasteiger partial charge in [0.05, 0.1) is 12.2 Å². The van der Waals surface area contributed by atoms with Crippen LogP contribution in [0.1, 0.15) is 28.4 Å². The molecule has 1 amide bonds. The maximum atomic E-state index is 12.7. The van der Waals surface area contributed by atoms with Crippen molar-refractivity contribution in [3.63, 3.8) is 0 Å². The van der Waals surface area contributed by atoms with Crippen molar-refractivity contribution in [1.29, 1.82) is 0 Å². The van der Waals surface area contributed by atoms with Gasteiger partial charge in [0.2, 0.25) is 5.88 Å². The van der Waals surface area contributed by atoms with Crippen LogP contribution in [0.25, 0.3) is 0 Å². The highest BCUT2D eigenvalue weighted by molar-refractivity contribution is 5.94. The number of hydrogen-bond acceptors (Lipinski definition) is 4. The molecule has 1 aliphatic heterocycles. The molecule has 1 aromatic carbocycles. The summed E-state index contributed by atoms with van der Waals surface area (Å²) in [5, 5.41) is 0. The fraction of sp³-hybridized carbons (Fsp3) is 0.368. The zero-order valence-corrected chi connectivity index (χ0v) is 14.8. The Hall–Kier alpha value is -2.77. The first-order valence-electron chi connectivity index (χ1n) is 8.55. The minimum atomic E-state index is -4.43. The van der Waals surface area contributed by atoms with Crippen molar-refractivity contribution in [2.45, 2.75) is 26.1 Å². The second-order valence-corrected chi connectivity index (χ2v) is 6.13. The third-order valence-electron chi connectivity index (χ3n) is 4.16. The van der Waals surface area contributed by atoms with Gasteiger partial charge in [0, 0.05) is 25.4 Å². The molecule has 0 aliphatic carbocycles. The van der Waals surface area contributed by atoms with Gasteiger partial charge in [-0.25, -0.2) is 4.98 Å². The van der Waals surface area contributed by atoms with Crippen molar-refractivity contribution < 1.29 is 27.4 Å². The molecule has 27 heavy (non-hydrogen) atoms. The number of carbonyl (C=O) groups is 1. The largest absolute Gasteiger partial charge is 0.494 e. The number of hydrogen-bond donors (Lipinski definition) is 0. The van der Waals surface area contributed by atoms with Crippen LogP contribution in [0.3, 0.4) is 0 Å². The van der Waals surface area contributed by atoms with Crippen molar-refractivity contribution >= 4 is 5.91 Å². The van der Waals surface area contributed by atoms with E-state index in [2.05, 4.69) is 9.72 Å². The number of fused-ring (bicyclic) bond motifs is 1. The number of aromatic nitrogens is 1. The van der Waals surface area contributed by atoms with Gasteiger partial charge in [0.15, 0.2) is 6.61 Å². The molecule has 0 saturated carbocycles. The number of amides is 1. The van der Waals surface area contributed by atoms with E-state index in [0.29, 0.717) is 25.3 Å². The summed E-state index contributed by atoms with van der Waals surface area (Å²) in [6.45, 7) is 2.06. The number of benzene rings is 1. The molecule has 0 radical (unpaired) electrons. The first kappa shape index (κ1) is 19.0. The van der Waals surface area contributed by atoms with E-state index in [9.17, 15) is 18.0 Å². The van der Waals surface area contributed by atoms with Crippen LogP contribution in [0.5, 0.6) is 11.6 Å². The Morgan fingerprint density at radius 3 is 2.67 bits per heavy atom. The van der Waals surface area contributed by atoms with Gasteiger partial charge in [-0.3, -0.25) is 4.79 Å². The molecule has 1 aliphatic rings. The van der Waals surface area contributed by atoms with E-state index in [1.54, 1.807) is 4.90 Å². The molecule has 0 spiro atoms. The van der Waals surface area contributed by atoms with Crippen LogP contribution in [-0.2, 0) is 13.0 Å². The average molecular weight is 380 g/mol. The number of nitrogens with zero attached hydrogens (tertiary/aromatic N) is 2. The molecule has 0 atom stereocenters. The van der Waals surface area contributed by atoms with Crippen LogP contribution in [0.4, 0.5) is 13.2 Å². The molecule has 0 N–H and O–H groups in total. The Balaban J connectivity index is 1.67. The molecule has 1 aromatic heterocycles. The molecule has 0 fully saturated rings. The van der Waals surface area contributed by atoms with Crippen molar-refractivity contribution in [3.05, 3.63) is 53.2 Å². The van der Waals surface area contributed by atoms with E-state index in [1.165, 1.54) is 23.9 Å². The van der Waals surface area contributed by atoms with E-state index >= 15 is 0 Å². The van der Waals surface area contributed by atoms with Gasteiger partial charge in [-0.05, 0) is 42.7 Å². The normalized spacial score (nSPS) is 13.9. The number of alkyl halides is 3. The fourth-order valence-electron chi connectivity index (χ4n) is 2.89. The Kier molecular flexibility index (Phi) is 5.53. The number of rotatable bonds is 5. The van der Waals surface area contributed by atoms with Crippen molar-refractivity contribution in [2.75, 3.05) is 19.8 Å². The van der Waals surface area contributed by atoms with Crippen LogP contribution < -0.4 is 9.47 Å². The Morgan fingerprint density at radius 2 is 2.00 bits per heavy atom. The summed E-state index contributed by atoms with van der Waals surface area (Å²) < 4.78 is 46.6. The fourth-order valence-corrected chi connectivity index (χ4v) is 2.89. The third kappa shape index (κ3) is 4.90. The lowest BCUT2D eigenvalue weighted by molar-refractivity contribution is -0.154. The van der Waals surface area contributed by atoms with E-state index < -0.39 is 12.8 Å². The van der Waals surface area contributed by atoms with Gasteiger partial charge in [-0.2, -0.15) is 13.2 Å². The highest BCUT2D eigenvalue weighted by atomic mass is 19.4. The minimum absolute atomic E-state index is 0.172. The van der Waals surface area contributed by atoms with Crippen molar-refractivity contribution in [2.24, 2.45) is 0 Å². The van der Waals surface area contributed by atoms with Gasteiger partial charge in [-0.15, -0.1) is 0 Å². The van der Waals surface area contributed by atoms with Gasteiger partial charge >= 0.3 is 6.18 Å². The maximum Gasteiger partial charge on any atom is 0.422 e. The maximum absolute atomic E-state index is 12.7. The van der Waals surface area contributed by atoms with Crippen molar-refractivity contribution in [3.8, 4) is 11.6 Å². The summed E-state index contributed by atoms with van der Waals surface area (Å²) in [7, 11) is 0. The summed E-state index contributed by atoms with van der Waals surface area (Å²) in [5.74, 6) is 0.366. The van der Waals surface area contributed by atoms with Gasteiger partial charge < -0.3 is 14.4 Å². The van der Waals surface area contributed by atoms with Crippen LogP contribution >= 0.6 is 0 Å². The van der Waals surface area contributed by atoms with Crippen molar-refractivity contribution in [1.82, 2.24) is 9.88 Å². The first-order chi connectivity index (χ1) is 12.9. The van der Waals surface area contributed by atoms with E-state index in [-0.39, 0.29) is 11.8 Å². The summed E-state index contributed by atoms with van der Waals surface area (Å²) in [5.41, 5.74) is 2.51. The minimum Gasteiger partial charge on any atom is -0.494 e. The van der Waals surface area contributed by atoms with E-state index in [1.807, 2.05) is 25.1 Å². The lowest BCUT2D eigenvalue weighted by Gasteiger charge is -2.29. The first-order valence-corrected chi connectivity index (χ1v) is 8.55. The lowest BCUT2D eigenvalue weighted by Crippen LogP contribution is -2.36. The average Bonchev–Trinajstić information content (AvgIpc) is 2.65. The number of ether oxygens (including phenoxy) is 2. The molecule has 2 aromatic rings. The molecule has 0 bridgehead atoms. The number of halogens is 3. The SMILES string of the molecule is CCOc1ccc2c(c1)CN(C(=O)c1ccc(OCC(F)(F)F)nc1)CC2. The summed E-state index contributed by atoms with van der Waals surface area (Å²) in [4.78, 5) is 18.2. The third-order valence-corrected chi connectivity index (χ3v) is 4.16. The Morgan fingerprint density at radius 1 is 1.19 bits per heavy atom. The molecule has 8 heteroatoms. The second-order valence-electron chi connectivity index (χ2n) is 6.13. The Bertz CT molecular complexity index is 807. The second kappa shape index (κ2) is 7.85. The quantitative estimate of drug-likeness (QED) is 0.795. The monoisotopic (exact) mass is 380 g/mol. The van der Waals surface area contributed by atoms with Crippen LogP contribution in [0.15, 0.2) is 36.5 Å². The van der Waals surface area contributed by atoms with E-state index in [4.69, 9.17) is 4.74 Å². The summed E-state index contributed by atoms with van der Waals surface area (Å²) in [6.07, 6.45) is -2.47. The standard InChI is InChI=1S/C19H19F3N2O3/c1-2-26-16-5-3-13-7-8-24(11-15(13)9-16)18(25)14-4-6-17(23-10-14)27-12-19(20,21)22/h3-6,9-10H,2,7-8,11-12H2,1H3. The highest BCUT2D eigenvalue weighted by Gasteiger charge is 2.29. The number of carbonyl (C=O) groups excluding carboxylic acids is 1. The van der Waals surface area contributed by atoms with Crippen LogP contribution in [-0.4, -0.2) is 41.7 Å². The van der Waals surface area contributed by atoms with Crippen LogP contribution in [0, 0.1) is 0 Å². The summed E-state index contributed by atoms with van der Waals surface area (Å²) in [6, 6.07) is 8.56. The van der Waals surface area contributed by atoms with Crippen LogP contribution in [0.2, 0.25) is 0 Å². The van der Waals surface area contributed by atoms with Gasteiger partial charge in [0.25, 0.3) is 5.91 Å². The zero-order valence-electron chi connectivity index (χ0n) is 14.8. The highest BCUT2D eigenvalue weighted by Crippen LogP contribution is 2.25. The predicted octanol–water partition coefficient (Wildman–Crippen LogP) is 3.62.